The number of nitrogens with zero attached hydrogens (tertiary/aromatic N) is 2. The van der Waals surface area contributed by atoms with E-state index in [-0.39, 0.29) is 36.9 Å². The van der Waals surface area contributed by atoms with Gasteiger partial charge in [0.05, 0.1) is 6.54 Å². The number of amides is 3. The normalized spacial score (nSPS) is 15.1. The predicted octanol–water partition coefficient (Wildman–Crippen LogP) is 0.771. The second-order valence-electron chi connectivity index (χ2n) is 9.13. The van der Waals surface area contributed by atoms with E-state index in [9.17, 15) is 29.1 Å². The fourth-order valence-corrected chi connectivity index (χ4v) is 4.24. The zero-order valence-electron chi connectivity index (χ0n) is 21.0. The van der Waals surface area contributed by atoms with E-state index in [2.05, 4.69) is 15.6 Å². The summed E-state index contributed by atoms with van der Waals surface area (Å²) in [5.74, 6) is -1.27. The number of hydrogen-bond donors (Lipinski definition) is 4. The molecular formula is C27H29N5O6. The summed E-state index contributed by atoms with van der Waals surface area (Å²) in [6.07, 6.45) is 2.60. The van der Waals surface area contributed by atoms with Gasteiger partial charge in [-0.2, -0.15) is 0 Å². The highest BCUT2D eigenvalue weighted by Crippen LogP contribution is 2.30. The number of aromatic amines is 1. The van der Waals surface area contributed by atoms with Crippen LogP contribution < -0.4 is 21.9 Å². The fraction of sp³-hybridized carbons (Fsp3) is 0.296. The van der Waals surface area contributed by atoms with Crippen LogP contribution in [0.5, 0.6) is 5.75 Å². The minimum Gasteiger partial charge on any atom is -0.507 e. The van der Waals surface area contributed by atoms with E-state index in [1.807, 2.05) is 12.1 Å². The molecule has 4 bridgehead atoms. The molecule has 1 aliphatic heterocycles. The van der Waals surface area contributed by atoms with E-state index in [4.69, 9.17) is 0 Å². The number of aromatic nitrogens is 2. The number of hydrogen-bond acceptors (Lipinski definition) is 6. The molecule has 11 heteroatoms. The maximum absolute atomic E-state index is 13.2. The molecule has 198 valence electrons. The van der Waals surface area contributed by atoms with Crippen LogP contribution in [-0.2, 0) is 18.3 Å². The third kappa shape index (κ3) is 6.17. The molecule has 1 aromatic heterocycles. The van der Waals surface area contributed by atoms with Crippen LogP contribution in [-0.4, -0.2) is 63.5 Å². The van der Waals surface area contributed by atoms with Gasteiger partial charge in [0.1, 0.15) is 11.3 Å². The molecule has 0 atom stereocenters. The van der Waals surface area contributed by atoms with E-state index in [1.54, 1.807) is 30.3 Å². The smallest absolute Gasteiger partial charge is 0.328 e. The Balaban J connectivity index is 1.58. The Hall–Kier alpha value is -4.67. The molecule has 2 aromatic carbocycles. The molecule has 0 unspecified atom stereocenters. The Morgan fingerprint density at radius 1 is 0.947 bits per heavy atom. The van der Waals surface area contributed by atoms with Gasteiger partial charge >= 0.3 is 5.69 Å². The highest BCUT2D eigenvalue weighted by atomic mass is 16.3. The summed E-state index contributed by atoms with van der Waals surface area (Å²) >= 11 is 0. The number of carbonyl (C=O) groups excluding carboxylic acids is 3. The second-order valence-corrected chi connectivity index (χ2v) is 9.13. The molecule has 4 rings (SSSR count). The summed E-state index contributed by atoms with van der Waals surface area (Å²) in [5.41, 5.74) is 0.865. The van der Waals surface area contributed by atoms with Crippen molar-refractivity contribution in [2.24, 2.45) is 7.05 Å². The summed E-state index contributed by atoms with van der Waals surface area (Å²) in [6.45, 7) is 0.506. The number of phenols is 1. The molecule has 3 aromatic rings. The van der Waals surface area contributed by atoms with E-state index < -0.39 is 23.1 Å². The van der Waals surface area contributed by atoms with Crippen LogP contribution in [0.15, 0.2) is 58.3 Å². The Labute approximate surface area is 218 Å². The van der Waals surface area contributed by atoms with Gasteiger partial charge < -0.3 is 25.2 Å². The number of benzene rings is 2. The Morgan fingerprint density at radius 2 is 1.74 bits per heavy atom. The van der Waals surface area contributed by atoms with E-state index >= 15 is 0 Å². The van der Waals surface area contributed by atoms with Gasteiger partial charge in [0.25, 0.3) is 17.4 Å². The lowest BCUT2D eigenvalue weighted by Gasteiger charge is -2.22. The van der Waals surface area contributed by atoms with Crippen LogP contribution in [0.25, 0.3) is 11.1 Å². The first kappa shape index (κ1) is 26.4. The van der Waals surface area contributed by atoms with Crippen molar-refractivity contribution in [2.75, 3.05) is 26.2 Å². The van der Waals surface area contributed by atoms with Crippen LogP contribution >= 0.6 is 0 Å². The van der Waals surface area contributed by atoms with Crippen molar-refractivity contribution in [3.8, 4) is 16.9 Å². The molecule has 0 saturated carbocycles. The van der Waals surface area contributed by atoms with Crippen molar-refractivity contribution >= 4 is 17.7 Å². The van der Waals surface area contributed by atoms with Crippen LogP contribution in [0.2, 0.25) is 0 Å². The summed E-state index contributed by atoms with van der Waals surface area (Å²) in [4.78, 5) is 66.0. The van der Waals surface area contributed by atoms with E-state index in [1.165, 1.54) is 11.9 Å². The fourth-order valence-electron chi connectivity index (χ4n) is 4.24. The molecule has 0 aliphatic carbocycles. The topological polar surface area (TPSA) is 154 Å². The largest absolute Gasteiger partial charge is 0.507 e. The average molecular weight is 520 g/mol. The van der Waals surface area contributed by atoms with Crippen molar-refractivity contribution < 1.29 is 19.5 Å². The van der Waals surface area contributed by atoms with Gasteiger partial charge in [0, 0.05) is 44.0 Å². The van der Waals surface area contributed by atoms with E-state index in [0.29, 0.717) is 42.5 Å². The zero-order chi connectivity index (χ0) is 27.2. The number of rotatable bonds is 1. The number of fused-ring (bicyclic) bond motifs is 5. The summed E-state index contributed by atoms with van der Waals surface area (Å²) < 4.78 is 1.09. The third-order valence-electron chi connectivity index (χ3n) is 6.33. The quantitative estimate of drug-likeness (QED) is 0.373. The molecule has 0 saturated heterocycles. The van der Waals surface area contributed by atoms with Gasteiger partial charge in [-0.15, -0.1) is 0 Å². The lowest BCUT2D eigenvalue weighted by molar-refractivity contribution is -0.121. The van der Waals surface area contributed by atoms with E-state index in [0.717, 1.165) is 16.3 Å². The highest BCUT2D eigenvalue weighted by molar-refractivity contribution is 5.96. The molecule has 0 fully saturated rings. The Morgan fingerprint density at radius 3 is 2.55 bits per heavy atom. The Bertz CT molecular complexity index is 1490. The molecule has 38 heavy (non-hydrogen) atoms. The zero-order valence-corrected chi connectivity index (χ0v) is 21.0. The molecular weight excluding hydrogens is 490 g/mol. The highest BCUT2D eigenvalue weighted by Gasteiger charge is 2.22. The van der Waals surface area contributed by atoms with Crippen LogP contribution in [0.1, 0.15) is 39.1 Å². The predicted molar refractivity (Wildman–Crippen MR) is 140 cm³/mol. The molecule has 4 N–H and O–H groups in total. The van der Waals surface area contributed by atoms with Gasteiger partial charge in [-0.3, -0.25) is 24.2 Å². The molecule has 2 heterocycles. The maximum atomic E-state index is 13.2. The Kier molecular flexibility index (Phi) is 8.05. The van der Waals surface area contributed by atoms with Crippen LogP contribution in [0.3, 0.4) is 0 Å². The average Bonchev–Trinajstić information content (AvgIpc) is 2.90. The standard InChI is InChI=1S/C27H29N5O6/c1-31-15-21(25(36)30-27(31)38)26(37)32-12-3-2-10-29-24(35)19-6-4-5-18(14-19)20-13-17(7-8-22(20)33)9-11-28-23(34)16-32/h4-8,13-15,33H,2-3,9-12,16H2,1H3,(H,28,34)(H,29,35)(H,30,36,38). The van der Waals surface area contributed by atoms with Crippen molar-refractivity contribution in [3.63, 3.8) is 0 Å². The van der Waals surface area contributed by atoms with Crippen LogP contribution in [0, 0.1) is 0 Å². The second kappa shape index (κ2) is 11.6. The van der Waals surface area contributed by atoms with Crippen molar-refractivity contribution in [2.45, 2.75) is 19.3 Å². The third-order valence-corrected chi connectivity index (χ3v) is 6.33. The maximum Gasteiger partial charge on any atom is 0.328 e. The molecule has 0 radical (unpaired) electrons. The van der Waals surface area contributed by atoms with Gasteiger partial charge in [-0.1, -0.05) is 18.2 Å². The first-order valence-electron chi connectivity index (χ1n) is 12.3. The lowest BCUT2D eigenvalue weighted by Crippen LogP contribution is -2.44. The first-order valence-corrected chi connectivity index (χ1v) is 12.3. The summed E-state index contributed by atoms with van der Waals surface area (Å²) in [5, 5.41) is 16.1. The molecule has 0 spiro atoms. The molecule has 3 amide bonds. The SMILES string of the molecule is Cn1cc(C(=O)N2CCCCNC(=O)c3cccc(c3)-c3cc(ccc3O)CCNC(=O)C2)c(=O)[nH]c1=O. The lowest BCUT2D eigenvalue weighted by atomic mass is 9.98. The molecule has 1 aliphatic rings. The van der Waals surface area contributed by atoms with Crippen molar-refractivity contribution in [1.29, 1.82) is 0 Å². The number of aryl methyl sites for hydroxylation is 1. The van der Waals surface area contributed by atoms with Crippen molar-refractivity contribution in [1.82, 2.24) is 25.1 Å². The van der Waals surface area contributed by atoms with Crippen molar-refractivity contribution in [3.05, 3.63) is 86.2 Å². The van der Waals surface area contributed by atoms with Gasteiger partial charge in [0.15, 0.2) is 0 Å². The minimum atomic E-state index is -0.824. The van der Waals surface area contributed by atoms with Crippen LogP contribution in [0.4, 0.5) is 0 Å². The van der Waals surface area contributed by atoms with Gasteiger partial charge in [0.2, 0.25) is 5.91 Å². The minimum absolute atomic E-state index is 0.0762. The number of phenolic OH excluding ortho intramolecular Hbond substituents is 1. The number of carbonyl (C=O) groups is 3. The summed E-state index contributed by atoms with van der Waals surface area (Å²) in [6, 6.07) is 12.1. The first-order chi connectivity index (χ1) is 18.2. The number of nitrogens with one attached hydrogen (secondary N) is 3. The summed E-state index contributed by atoms with van der Waals surface area (Å²) in [7, 11) is 1.41. The van der Waals surface area contributed by atoms with Gasteiger partial charge in [-0.05, 0) is 54.7 Å². The number of aromatic hydroxyl groups is 1. The molecule has 11 nitrogen and oxygen atoms in total. The van der Waals surface area contributed by atoms with Gasteiger partial charge in [-0.25, -0.2) is 4.79 Å². The monoisotopic (exact) mass is 519 g/mol. The number of H-pyrrole nitrogens is 1.